The fraction of sp³-hybridized carbons (Fsp3) is 0.278. The Morgan fingerprint density at radius 3 is 2.54 bits per heavy atom. The number of hydroxylamine groups is 1. The number of carbonyl (C=O) groups excluding carboxylic acids is 1. The van der Waals surface area contributed by atoms with Crippen LogP contribution in [0.1, 0.15) is 16.8 Å². The number of aliphatic hydroxyl groups excluding tert-OH is 1. The predicted octanol–water partition coefficient (Wildman–Crippen LogP) is 3.88. The summed E-state index contributed by atoms with van der Waals surface area (Å²) in [6.07, 6.45) is 0.741. The van der Waals surface area contributed by atoms with Gasteiger partial charge in [0.25, 0.3) is 5.91 Å². The lowest BCUT2D eigenvalue weighted by Crippen LogP contribution is -2.26. The second-order valence-electron chi connectivity index (χ2n) is 6.34. The predicted molar refractivity (Wildman–Crippen MR) is 101 cm³/mol. The zero-order chi connectivity index (χ0) is 20.4. The molecule has 2 aromatic carbocycles. The van der Waals surface area contributed by atoms with Gasteiger partial charge in [0.05, 0.1) is 23.5 Å². The number of benzene rings is 2. The average Bonchev–Trinajstić information content (AvgIpc) is 3.42. The van der Waals surface area contributed by atoms with E-state index in [1.807, 2.05) is 28.1 Å². The molecule has 0 saturated heterocycles. The first-order valence-electron chi connectivity index (χ1n) is 8.24. The van der Waals surface area contributed by atoms with Crippen LogP contribution in [-0.2, 0) is 4.84 Å². The minimum atomic E-state index is -1.80. The SMILES string of the molecule is O=C(NOCC1CC1CO)c1cc(F)c(F)c(F)c1Nc1ccc(I)cc1F. The van der Waals surface area contributed by atoms with Gasteiger partial charge in [-0.3, -0.25) is 9.63 Å². The maximum Gasteiger partial charge on any atom is 0.277 e. The molecule has 1 amide bonds. The Morgan fingerprint density at radius 1 is 1.14 bits per heavy atom. The highest BCUT2D eigenvalue weighted by Crippen LogP contribution is 2.37. The van der Waals surface area contributed by atoms with Crippen molar-refractivity contribution in [3.05, 3.63) is 56.7 Å². The third-order valence-corrected chi connectivity index (χ3v) is 5.03. The van der Waals surface area contributed by atoms with Crippen molar-refractivity contribution in [2.45, 2.75) is 6.42 Å². The highest BCUT2D eigenvalue weighted by atomic mass is 127. The standard InChI is InChI=1S/C18H15F4IN2O3/c19-12-4-10(23)1-2-14(12)24-17-11(5-13(20)15(21)16(17)22)18(27)25-28-7-9-3-8(9)6-26/h1-2,4-5,8-9,24,26H,3,6-7H2,(H,25,27). The van der Waals surface area contributed by atoms with Crippen molar-refractivity contribution >= 4 is 39.9 Å². The van der Waals surface area contributed by atoms with E-state index in [1.165, 1.54) is 12.1 Å². The molecule has 0 radical (unpaired) electrons. The van der Waals surface area contributed by atoms with E-state index >= 15 is 0 Å². The molecule has 2 atom stereocenters. The molecule has 1 saturated carbocycles. The minimum absolute atomic E-state index is 0.00595. The third kappa shape index (κ3) is 4.55. The molecule has 0 spiro atoms. The number of amides is 1. The maximum atomic E-state index is 14.3. The minimum Gasteiger partial charge on any atom is -0.396 e. The molecular formula is C18H15F4IN2O3. The van der Waals surface area contributed by atoms with Crippen LogP contribution in [-0.4, -0.2) is 24.2 Å². The van der Waals surface area contributed by atoms with Crippen LogP contribution in [0, 0.1) is 38.7 Å². The Kier molecular flexibility index (Phi) is 6.40. The normalized spacial score (nSPS) is 18.1. The Bertz CT molecular complexity index is 913. The van der Waals surface area contributed by atoms with E-state index in [0.717, 1.165) is 12.5 Å². The van der Waals surface area contributed by atoms with Crippen LogP contribution in [0.25, 0.3) is 0 Å². The van der Waals surface area contributed by atoms with Crippen LogP contribution in [0.4, 0.5) is 28.9 Å². The largest absolute Gasteiger partial charge is 0.396 e. The fourth-order valence-corrected chi connectivity index (χ4v) is 3.08. The van der Waals surface area contributed by atoms with Gasteiger partial charge in [-0.15, -0.1) is 0 Å². The Balaban J connectivity index is 1.82. The zero-order valence-corrected chi connectivity index (χ0v) is 16.4. The lowest BCUT2D eigenvalue weighted by Gasteiger charge is -2.15. The summed E-state index contributed by atoms with van der Waals surface area (Å²) in [5.74, 6) is -6.65. The number of anilines is 2. The number of nitrogens with one attached hydrogen (secondary N) is 2. The third-order valence-electron chi connectivity index (χ3n) is 4.36. The van der Waals surface area contributed by atoms with Crippen molar-refractivity contribution in [3.63, 3.8) is 0 Å². The van der Waals surface area contributed by atoms with Crippen molar-refractivity contribution in [2.75, 3.05) is 18.5 Å². The van der Waals surface area contributed by atoms with Gasteiger partial charge in [0.15, 0.2) is 17.5 Å². The van der Waals surface area contributed by atoms with E-state index in [0.29, 0.717) is 9.64 Å². The van der Waals surface area contributed by atoms with Crippen LogP contribution in [0.2, 0.25) is 0 Å². The van der Waals surface area contributed by atoms with Crippen LogP contribution >= 0.6 is 22.6 Å². The van der Waals surface area contributed by atoms with Crippen molar-refractivity contribution < 1.29 is 32.3 Å². The molecule has 3 rings (SSSR count). The van der Waals surface area contributed by atoms with E-state index in [-0.39, 0.29) is 30.7 Å². The summed E-state index contributed by atoms with van der Waals surface area (Å²) in [4.78, 5) is 17.3. The van der Waals surface area contributed by atoms with Crippen LogP contribution < -0.4 is 10.8 Å². The molecule has 0 bridgehead atoms. The van der Waals surface area contributed by atoms with E-state index in [9.17, 15) is 22.4 Å². The number of aliphatic hydroxyl groups is 1. The maximum absolute atomic E-state index is 14.3. The number of hydrogen-bond donors (Lipinski definition) is 3. The topological polar surface area (TPSA) is 70.6 Å². The van der Waals surface area contributed by atoms with Gasteiger partial charge in [-0.1, -0.05) is 0 Å². The summed E-state index contributed by atoms with van der Waals surface area (Å²) in [5, 5.41) is 11.3. The molecule has 10 heteroatoms. The molecule has 2 unspecified atom stereocenters. The van der Waals surface area contributed by atoms with Crippen molar-refractivity contribution in [2.24, 2.45) is 11.8 Å². The van der Waals surface area contributed by atoms with Gasteiger partial charge in [0.1, 0.15) is 5.82 Å². The molecular weight excluding hydrogens is 495 g/mol. The van der Waals surface area contributed by atoms with Gasteiger partial charge in [-0.05, 0) is 65.1 Å². The van der Waals surface area contributed by atoms with Crippen molar-refractivity contribution in [1.29, 1.82) is 0 Å². The molecule has 1 fully saturated rings. The molecule has 0 heterocycles. The summed E-state index contributed by atoms with van der Waals surface area (Å²) in [6.45, 7) is 0.115. The average molecular weight is 510 g/mol. The first kappa shape index (κ1) is 20.8. The summed E-state index contributed by atoms with van der Waals surface area (Å²) in [6, 6.07) is 4.44. The van der Waals surface area contributed by atoms with E-state index < -0.39 is 40.4 Å². The van der Waals surface area contributed by atoms with Crippen LogP contribution in [0.5, 0.6) is 0 Å². The van der Waals surface area contributed by atoms with Gasteiger partial charge < -0.3 is 10.4 Å². The molecule has 5 nitrogen and oxygen atoms in total. The van der Waals surface area contributed by atoms with Gasteiger partial charge in [0.2, 0.25) is 0 Å². The molecule has 1 aliphatic carbocycles. The molecule has 1 aliphatic rings. The zero-order valence-electron chi connectivity index (χ0n) is 14.2. The van der Waals surface area contributed by atoms with Gasteiger partial charge >= 0.3 is 0 Å². The summed E-state index contributed by atoms with van der Waals surface area (Å²) >= 11 is 1.87. The summed E-state index contributed by atoms with van der Waals surface area (Å²) in [5.41, 5.74) is 0.493. The van der Waals surface area contributed by atoms with Gasteiger partial charge in [-0.2, -0.15) is 0 Å². The van der Waals surface area contributed by atoms with Crippen LogP contribution in [0.3, 0.4) is 0 Å². The quantitative estimate of drug-likeness (QED) is 0.229. The molecule has 28 heavy (non-hydrogen) atoms. The lowest BCUT2D eigenvalue weighted by atomic mass is 10.1. The van der Waals surface area contributed by atoms with Gasteiger partial charge in [0, 0.05) is 10.2 Å². The van der Waals surface area contributed by atoms with Crippen molar-refractivity contribution in [3.8, 4) is 0 Å². The highest BCUT2D eigenvalue weighted by Gasteiger charge is 2.36. The Hall–Kier alpha value is -1.92. The number of rotatable bonds is 7. The molecule has 3 N–H and O–H groups in total. The fourth-order valence-electron chi connectivity index (χ4n) is 2.63. The summed E-state index contributed by atoms with van der Waals surface area (Å²) < 4.78 is 56.2. The lowest BCUT2D eigenvalue weighted by molar-refractivity contribution is 0.0247. The van der Waals surface area contributed by atoms with Crippen molar-refractivity contribution in [1.82, 2.24) is 5.48 Å². The molecule has 0 aliphatic heterocycles. The summed E-state index contributed by atoms with van der Waals surface area (Å²) in [7, 11) is 0. The number of hydrogen-bond acceptors (Lipinski definition) is 4. The first-order valence-corrected chi connectivity index (χ1v) is 9.32. The number of carbonyl (C=O) groups is 1. The Labute approximate surface area is 171 Å². The smallest absolute Gasteiger partial charge is 0.277 e. The van der Waals surface area contributed by atoms with E-state index in [1.54, 1.807) is 0 Å². The molecule has 0 aromatic heterocycles. The molecule has 150 valence electrons. The first-order chi connectivity index (χ1) is 13.3. The van der Waals surface area contributed by atoms with E-state index in [4.69, 9.17) is 9.94 Å². The van der Waals surface area contributed by atoms with Crippen LogP contribution in [0.15, 0.2) is 24.3 Å². The number of halogens is 5. The second kappa shape index (κ2) is 8.62. The second-order valence-corrected chi connectivity index (χ2v) is 7.58. The Morgan fingerprint density at radius 2 is 1.89 bits per heavy atom. The van der Waals surface area contributed by atoms with E-state index in [2.05, 4.69) is 5.32 Å². The highest BCUT2D eigenvalue weighted by molar-refractivity contribution is 14.1. The monoisotopic (exact) mass is 510 g/mol. The molecule has 2 aromatic rings. The van der Waals surface area contributed by atoms with Gasteiger partial charge in [-0.25, -0.2) is 23.0 Å².